The van der Waals surface area contributed by atoms with Gasteiger partial charge in [-0.3, -0.25) is 4.68 Å². The average Bonchev–Trinajstić information content (AvgIpc) is 3.05. The first-order valence-corrected chi connectivity index (χ1v) is 9.35. The number of para-hydroxylation sites is 1. The van der Waals surface area contributed by atoms with Gasteiger partial charge < -0.3 is 10.6 Å². The van der Waals surface area contributed by atoms with Crippen molar-refractivity contribution in [3.63, 3.8) is 0 Å². The molecule has 7 heteroatoms. The fourth-order valence-electron chi connectivity index (χ4n) is 2.56. The van der Waals surface area contributed by atoms with Gasteiger partial charge in [0.15, 0.2) is 10.9 Å². The predicted octanol–water partition coefficient (Wildman–Crippen LogP) is 5.61. The maximum Gasteiger partial charge on any atom is 0.176 e. The Balaban J connectivity index is 1.62. The van der Waals surface area contributed by atoms with Gasteiger partial charge in [-0.05, 0) is 48.0 Å². The Hall–Kier alpha value is -2.08. The maximum absolute atomic E-state index is 6.06. The number of aryl methyl sites for hydroxylation is 1. The van der Waals surface area contributed by atoms with Crippen molar-refractivity contribution in [2.75, 3.05) is 10.6 Å². The zero-order valence-electron chi connectivity index (χ0n) is 14.2. The summed E-state index contributed by atoms with van der Waals surface area (Å²) in [5, 5.41) is 12.4. The molecule has 0 aliphatic rings. The molecular weight excluding hydrogens is 387 g/mol. The van der Waals surface area contributed by atoms with Gasteiger partial charge in [0, 0.05) is 18.0 Å². The molecule has 0 saturated carbocycles. The van der Waals surface area contributed by atoms with E-state index >= 15 is 0 Å². The third kappa shape index (κ3) is 4.75. The molecule has 0 atom stereocenters. The lowest BCUT2D eigenvalue weighted by atomic mass is 10.1. The van der Waals surface area contributed by atoms with E-state index in [9.17, 15) is 0 Å². The van der Waals surface area contributed by atoms with E-state index in [4.69, 9.17) is 35.4 Å². The van der Waals surface area contributed by atoms with Crippen LogP contribution in [0.3, 0.4) is 0 Å². The number of aromatic nitrogens is 2. The summed E-state index contributed by atoms with van der Waals surface area (Å²) in [6.45, 7) is 2.71. The third-order valence-corrected chi connectivity index (χ3v) is 4.80. The highest BCUT2D eigenvalue weighted by Gasteiger charge is 2.06. The van der Waals surface area contributed by atoms with Crippen LogP contribution in [0.1, 0.15) is 18.1 Å². The van der Waals surface area contributed by atoms with E-state index in [1.54, 1.807) is 6.07 Å². The van der Waals surface area contributed by atoms with E-state index in [0.717, 1.165) is 17.7 Å². The molecule has 0 spiro atoms. The number of halogens is 2. The van der Waals surface area contributed by atoms with Gasteiger partial charge in [-0.25, -0.2) is 0 Å². The molecule has 0 amide bonds. The SMILES string of the molecule is CCc1ccccc1NC(=S)Nc1ccn(Cc2ccc(Cl)c(Cl)c2)n1. The second-order valence-corrected chi connectivity index (χ2v) is 6.96. The van der Waals surface area contributed by atoms with Crippen molar-refractivity contribution in [2.45, 2.75) is 19.9 Å². The Morgan fingerprint density at radius 2 is 1.88 bits per heavy atom. The van der Waals surface area contributed by atoms with Gasteiger partial charge in [-0.1, -0.05) is 54.4 Å². The van der Waals surface area contributed by atoms with Gasteiger partial charge in [0.05, 0.1) is 16.6 Å². The number of hydrogen-bond donors (Lipinski definition) is 2. The first-order chi connectivity index (χ1) is 12.5. The van der Waals surface area contributed by atoms with Crippen LogP contribution in [0.4, 0.5) is 11.5 Å². The highest BCUT2D eigenvalue weighted by Crippen LogP contribution is 2.23. The number of anilines is 2. The van der Waals surface area contributed by atoms with Crippen LogP contribution in [-0.2, 0) is 13.0 Å². The Labute approximate surface area is 168 Å². The van der Waals surface area contributed by atoms with Crippen LogP contribution < -0.4 is 10.6 Å². The van der Waals surface area contributed by atoms with Crippen LogP contribution in [0, 0.1) is 0 Å². The topological polar surface area (TPSA) is 41.9 Å². The van der Waals surface area contributed by atoms with Gasteiger partial charge in [0.25, 0.3) is 0 Å². The van der Waals surface area contributed by atoms with E-state index in [2.05, 4.69) is 28.7 Å². The summed E-state index contributed by atoms with van der Waals surface area (Å²) in [5.41, 5.74) is 3.23. The zero-order valence-corrected chi connectivity index (χ0v) is 16.5. The fraction of sp³-hybridized carbons (Fsp3) is 0.158. The Bertz CT molecular complexity index is 923. The van der Waals surface area contributed by atoms with E-state index in [-0.39, 0.29) is 0 Å². The molecule has 2 aromatic carbocycles. The number of nitrogens with zero attached hydrogens (tertiary/aromatic N) is 2. The Kier molecular flexibility index (Phi) is 6.14. The molecule has 0 bridgehead atoms. The first-order valence-electron chi connectivity index (χ1n) is 8.18. The molecule has 0 saturated heterocycles. The highest BCUT2D eigenvalue weighted by molar-refractivity contribution is 7.80. The average molecular weight is 405 g/mol. The Morgan fingerprint density at radius 3 is 2.65 bits per heavy atom. The van der Waals surface area contributed by atoms with Gasteiger partial charge >= 0.3 is 0 Å². The van der Waals surface area contributed by atoms with E-state index in [1.807, 2.05) is 47.3 Å². The highest BCUT2D eigenvalue weighted by atomic mass is 35.5. The minimum Gasteiger partial charge on any atom is -0.332 e. The first kappa shape index (κ1) is 18.7. The zero-order chi connectivity index (χ0) is 18.5. The quantitative estimate of drug-likeness (QED) is 0.542. The van der Waals surface area contributed by atoms with E-state index in [0.29, 0.717) is 27.5 Å². The lowest BCUT2D eigenvalue weighted by molar-refractivity contribution is 0.690. The lowest BCUT2D eigenvalue weighted by Gasteiger charge is -2.12. The lowest BCUT2D eigenvalue weighted by Crippen LogP contribution is -2.20. The van der Waals surface area contributed by atoms with Crippen molar-refractivity contribution >= 4 is 52.0 Å². The smallest absolute Gasteiger partial charge is 0.176 e. The van der Waals surface area contributed by atoms with Crippen molar-refractivity contribution in [2.24, 2.45) is 0 Å². The Morgan fingerprint density at radius 1 is 1.08 bits per heavy atom. The largest absolute Gasteiger partial charge is 0.332 e. The molecule has 2 N–H and O–H groups in total. The van der Waals surface area contributed by atoms with Crippen LogP contribution in [0.5, 0.6) is 0 Å². The van der Waals surface area contributed by atoms with Gasteiger partial charge in [-0.15, -0.1) is 0 Å². The van der Waals surface area contributed by atoms with Gasteiger partial charge in [-0.2, -0.15) is 5.10 Å². The normalized spacial score (nSPS) is 10.6. The number of benzene rings is 2. The predicted molar refractivity (Wildman–Crippen MR) is 113 cm³/mol. The molecule has 1 heterocycles. The number of nitrogens with one attached hydrogen (secondary N) is 2. The molecule has 0 aliphatic heterocycles. The maximum atomic E-state index is 6.06. The van der Waals surface area contributed by atoms with Crippen LogP contribution in [0.2, 0.25) is 10.0 Å². The second kappa shape index (κ2) is 8.54. The van der Waals surface area contributed by atoms with Crippen molar-refractivity contribution in [1.29, 1.82) is 0 Å². The summed E-state index contributed by atoms with van der Waals surface area (Å²) >= 11 is 17.4. The summed E-state index contributed by atoms with van der Waals surface area (Å²) in [4.78, 5) is 0. The minimum atomic E-state index is 0.505. The molecule has 1 aromatic heterocycles. The molecule has 3 aromatic rings. The van der Waals surface area contributed by atoms with Crippen molar-refractivity contribution < 1.29 is 0 Å². The van der Waals surface area contributed by atoms with E-state index < -0.39 is 0 Å². The molecule has 4 nitrogen and oxygen atoms in total. The van der Waals surface area contributed by atoms with E-state index in [1.165, 1.54) is 5.56 Å². The summed E-state index contributed by atoms with van der Waals surface area (Å²) in [6, 6.07) is 15.5. The van der Waals surface area contributed by atoms with Gasteiger partial charge in [0.2, 0.25) is 0 Å². The molecule has 0 unspecified atom stereocenters. The summed E-state index contributed by atoms with van der Waals surface area (Å²) in [6.07, 6.45) is 2.82. The van der Waals surface area contributed by atoms with Crippen molar-refractivity contribution in [1.82, 2.24) is 9.78 Å². The molecule has 26 heavy (non-hydrogen) atoms. The van der Waals surface area contributed by atoms with Crippen molar-refractivity contribution in [3.05, 3.63) is 75.9 Å². The minimum absolute atomic E-state index is 0.505. The number of hydrogen-bond acceptors (Lipinski definition) is 2. The fourth-order valence-corrected chi connectivity index (χ4v) is 3.10. The van der Waals surface area contributed by atoms with Crippen LogP contribution in [0.15, 0.2) is 54.7 Å². The number of rotatable bonds is 5. The second-order valence-electron chi connectivity index (χ2n) is 5.74. The molecule has 3 rings (SSSR count). The molecule has 0 radical (unpaired) electrons. The van der Waals surface area contributed by atoms with Crippen LogP contribution in [-0.4, -0.2) is 14.9 Å². The molecular formula is C19H18Cl2N4S. The monoisotopic (exact) mass is 404 g/mol. The van der Waals surface area contributed by atoms with Crippen LogP contribution >= 0.6 is 35.4 Å². The summed E-state index contributed by atoms with van der Waals surface area (Å²) in [7, 11) is 0. The van der Waals surface area contributed by atoms with Gasteiger partial charge in [0.1, 0.15) is 0 Å². The summed E-state index contributed by atoms with van der Waals surface area (Å²) < 4.78 is 1.81. The number of thiocarbonyl (C=S) groups is 1. The summed E-state index contributed by atoms with van der Waals surface area (Å²) in [5.74, 6) is 0.677. The molecule has 134 valence electrons. The third-order valence-electron chi connectivity index (χ3n) is 3.86. The molecule has 0 fully saturated rings. The molecule has 0 aliphatic carbocycles. The van der Waals surface area contributed by atoms with Crippen molar-refractivity contribution in [3.8, 4) is 0 Å². The standard InChI is InChI=1S/C19H18Cl2N4S/c1-2-14-5-3-4-6-17(14)22-19(26)23-18-9-10-25(24-18)12-13-7-8-15(20)16(21)11-13/h3-11H,2,12H2,1H3,(H2,22,23,24,26). The van der Waals surface area contributed by atoms with Crippen LogP contribution in [0.25, 0.3) is 0 Å².